The van der Waals surface area contributed by atoms with Gasteiger partial charge in [-0.2, -0.15) is 13.2 Å². The molecule has 0 bridgehead atoms. The van der Waals surface area contributed by atoms with Crippen LogP contribution in [0.3, 0.4) is 0 Å². The number of rotatable bonds is 9. The highest BCUT2D eigenvalue weighted by atomic mass is 19.4. The molecule has 3 heterocycles. The molecule has 0 atom stereocenters. The van der Waals surface area contributed by atoms with Gasteiger partial charge >= 0.3 is 6.18 Å². The first-order valence-electron chi connectivity index (χ1n) is 28.0. The van der Waals surface area contributed by atoms with E-state index in [1.807, 2.05) is 25.7 Å². The number of aliphatic hydroxyl groups is 2. The van der Waals surface area contributed by atoms with E-state index >= 15 is 0 Å². The fourth-order valence-electron chi connectivity index (χ4n) is 4.68. The van der Waals surface area contributed by atoms with Gasteiger partial charge in [-0.25, -0.2) is 8.78 Å². The van der Waals surface area contributed by atoms with Crippen LogP contribution in [-0.2, 0) is 14.3 Å². The van der Waals surface area contributed by atoms with Crippen LogP contribution in [0.5, 0.6) is 0 Å². The Morgan fingerprint density at radius 3 is 1.25 bits per heavy atom. The van der Waals surface area contributed by atoms with Gasteiger partial charge < -0.3 is 35.0 Å². The summed E-state index contributed by atoms with van der Waals surface area (Å²) in [7, 11) is 4.15. The number of hydrogen-bond donors (Lipinski definition) is 3. The van der Waals surface area contributed by atoms with Gasteiger partial charge in [-0.1, -0.05) is 118 Å². The van der Waals surface area contributed by atoms with Gasteiger partial charge in [0.1, 0.15) is 0 Å². The van der Waals surface area contributed by atoms with Crippen LogP contribution < -0.4 is 5.32 Å². The number of carbonyl (C=O) groups is 2. The van der Waals surface area contributed by atoms with Crippen molar-refractivity contribution in [3.05, 3.63) is 0 Å². The Hall–Kier alpha value is -1.65. The Kier molecular flexibility index (Phi) is 53.9. The quantitative estimate of drug-likeness (QED) is 0.196. The van der Waals surface area contributed by atoms with Crippen molar-refractivity contribution in [2.75, 3.05) is 79.7 Å². The lowest BCUT2D eigenvalue weighted by molar-refractivity contribution is -0.164. The molecule has 3 aliphatic heterocycles. The first-order valence-corrected chi connectivity index (χ1v) is 28.0. The zero-order valence-corrected chi connectivity index (χ0v) is 52.4. The maximum absolute atomic E-state index is 11.5. The summed E-state index contributed by atoms with van der Waals surface area (Å²) in [6.45, 7) is 56.0. The molecular formula is C58H124F5N5O5. The fourth-order valence-corrected chi connectivity index (χ4v) is 4.68. The minimum atomic E-state index is -4.00. The van der Waals surface area contributed by atoms with Gasteiger partial charge in [-0.15, -0.1) is 0 Å². The normalized spacial score (nSPS) is 16.8. The van der Waals surface area contributed by atoms with Crippen LogP contribution in [-0.4, -0.2) is 158 Å². The van der Waals surface area contributed by atoms with Crippen molar-refractivity contribution in [1.29, 1.82) is 0 Å². The van der Waals surface area contributed by atoms with Gasteiger partial charge in [0.15, 0.2) is 0 Å². The van der Waals surface area contributed by atoms with Gasteiger partial charge in [-0.05, 0) is 130 Å². The minimum absolute atomic E-state index is 0.153. The molecule has 3 N–H and O–H groups in total. The Morgan fingerprint density at radius 1 is 0.699 bits per heavy atom. The maximum Gasteiger partial charge on any atom is 0.391 e. The summed E-state index contributed by atoms with van der Waals surface area (Å²) < 4.78 is 61.0. The van der Waals surface area contributed by atoms with Crippen molar-refractivity contribution in [1.82, 2.24) is 24.9 Å². The van der Waals surface area contributed by atoms with E-state index in [2.05, 4.69) is 152 Å². The number of amides is 2. The Balaban J connectivity index is -0.000000174. The molecule has 1 aliphatic carbocycles. The van der Waals surface area contributed by atoms with Crippen LogP contribution in [0.2, 0.25) is 0 Å². The van der Waals surface area contributed by atoms with E-state index in [0.717, 1.165) is 95.5 Å². The first-order chi connectivity index (χ1) is 33.1. The summed E-state index contributed by atoms with van der Waals surface area (Å²) >= 11 is 0. The number of alkyl halides is 5. The number of ether oxygens (including phenoxy) is 1. The van der Waals surface area contributed by atoms with Crippen LogP contribution in [0.25, 0.3) is 0 Å². The number of aliphatic hydroxyl groups excluding tert-OH is 1. The summed E-state index contributed by atoms with van der Waals surface area (Å²) in [6.07, 6.45) is -0.643. The Labute approximate surface area is 449 Å². The highest BCUT2D eigenvalue weighted by Gasteiger charge is 2.32. The van der Waals surface area contributed by atoms with Crippen molar-refractivity contribution in [2.24, 2.45) is 53.3 Å². The van der Waals surface area contributed by atoms with Crippen molar-refractivity contribution < 1.29 is 46.5 Å². The molecule has 0 unspecified atom stereocenters. The summed E-state index contributed by atoms with van der Waals surface area (Å²) in [5.74, 6) is 4.24. The van der Waals surface area contributed by atoms with E-state index in [0.29, 0.717) is 62.7 Å². The highest BCUT2D eigenvalue weighted by Crippen LogP contribution is 2.35. The second-order valence-electron chi connectivity index (χ2n) is 24.3. The van der Waals surface area contributed by atoms with Crippen molar-refractivity contribution in [3.63, 3.8) is 0 Å². The lowest BCUT2D eigenvalue weighted by Crippen LogP contribution is -2.50. The molecular weight excluding hydrogens is 942 g/mol. The molecule has 0 aromatic rings. The summed E-state index contributed by atoms with van der Waals surface area (Å²) in [5.41, 5.74) is -0.397. The first kappa shape index (κ1) is 82.7. The lowest BCUT2D eigenvalue weighted by atomic mass is 9.93. The standard InChI is InChI=1S/C9H17NO2.C9H19NO.C7H14N2O.C6H12.C6H14.C5H13N.C4H7F3.C4H8F2.C4H10O.C4H10/c1-8(2)7-9(11)10-3-5-12-6-4-10;1-8(2)10-6-4-9(3,11)5-7-10;1-6(2)9-4-3-8-7(10)5-9;1-5(2)6-3-4-6;2*1-5(2)6(3)4;1-3(2)4(5,6)7;1-3(2)4(5)6;1-4(2)3-5;1-4(2)3/h8H,3-7H2,1-2H3;8,11H,4-7H2,1-3H3;6H,3-5H2,1-2H3,(H,8,10);5-6H,3-4H2,1-2H3;5-6H,1-4H3;5H,1-4H3;3H,1-2H3;3-4H,1-2H3;4-5H,3H2,1-2H3;4H,1-3H3. The molecule has 0 aromatic heterocycles. The molecule has 10 nitrogen and oxygen atoms in total. The monoisotopic (exact) mass is 1070 g/mol. The van der Waals surface area contributed by atoms with Gasteiger partial charge in [-0.3, -0.25) is 14.5 Å². The average Bonchev–Trinajstić information content (AvgIpc) is 4.11. The van der Waals surface area contributed by atoms with Crippen LogP contribution in [0.4, 0.5) is 22.0 Å². The van der Waals surface area contributed by atoms with Crippen LogP contribution in [0.15, 0.2) is 0 Å². The molecule has 4 fully saturated rings. The average molecular weight is 1070 g/mol. The number of halogens is 5. The predicted molar refractivity (Wildman–Crippen MR) is 303 cm³/mol. The highest BCUT2D eigenvalue weighted by molar-refractivity contribution is 5.78. The molecule has 446 valence electrons. The maximum atomic E-state index is 11.5. The van der Waals surface area contributed by atoms with E-state index in [1.165, 1.54) is 26.7 Å². The fraction of sp³-hybridized carbons (Fsp3) is 0.966. The number of piperazine rings is 1. The molecule has 0 spiro atoms. The Morgan fingerprint density at radius 2 is 1.05 bits per heavy atom. The van der Waals surface area contributed by atoms with Gasteiger partial charge in [0.05, 0.1) is 25.4 Å². The van der Waals surface area contributed by atoms with E-state index in [-0.39, 0.29) is 11.8 Å². The third kappa shape index (κ3) is 64.6. The van der Waals surface area contributed by atoms with Crippen LogP contribution in [0.1, 0.15) is 198 Å². The third-order valence-corrected chi connectivity index (χ3v) is 11.8. The van der Waals surface area contributed by atoms with E-state index in [1.54, 1.807) is 0 Å². The summed E-state index contributed by atoms with van der Waals surface area (Å²) in [4.78, 5) is 30.9. The predicted octanol–water partition coefficient (Wildman–Crippen LogP) is 13.7. The minimum Gasteiger partial charge on any atom is -0.396 e. The van der Waals surface area contributed by atoms with E-state index < -0.39 is 30.0 Å². The van der Waals surface area contributed by atoms with Crippen LogP contribution >= 0.6 is 0 Å². The van der Waals surface area contributed by atoms with Crippen molar-refractivity contribution in [2.45, 2.75) is 235 Å². The van der Waals surface area contributed by atoms with Gasteiger partial charge in [0.2, 0.25) is 18.2 Å². The number of nitrogens with one attached hydrogen (secondary N) is 1. The number of carbonyl (C=O) groups excluding carboxylic acids is 2. The number of hydrogen-bond acceptors (Lipinski definition) is 8. The molecule has 0 aromatic carbocycles. The molecule has 3 saturated heterocycles. The molecule has 1 saturated carbocycles. The molecule has 4 rings (SSSR count). The van der Waals surface area contributed by atoms with E-state index in [4.69, 9.17) is 9.84 Å². The van der Waals surface area contributed by atoms with Crippen molar-refractivity contribution in [3.8, 4) is 0 Å². The second-order valence-corrected chi connectivity index (χ2v) is 24.3. The van der Waals surface area contributed by atoms with Crippen LogP contribution in [0, 0.1) is 53.3 Å². The number of likely N-dealkylation sites (tertiary alicyclic amines) is 1. The molecule has 73 heavy (non-hydrogen) atoms. The van der Waals surface area contributed by atoms with Gasteiger partial charge in [0.25, 0.3) is 0 Å². The number of morpholine rings is 1. The van der Waals surface area contributed by atoms with E-state index in [9.17, 15) is 36.6 Å². The Bertz CT molecular complexity index is 1150. The SMILES string of the molecule is CC(C)C.CC(C)C(C)C.CC(C)C(F)(F)F.CC(C)C(F)F.CC(C)C1CC1.CC(C)CC(=O)N1CCOCC1.CC(C)CO.CC(C)N(C)C.CC(C)N1CCC(C)(O)CC1.CC(C)N1CCNC(=O)C1. The van der Waals surface area contributed by atoms with Crippen molar-refractivity contribution >= 4 is 11.8 Å². The van der Waals surface area contributed by atoms with Gasteiger partial charge in [0, 0.05) is 82.3 Å². The third-order valence-electron chi connectivity index (χ3n) is 11.8. The lowest BCUT2D eigenvalue weighted by Gasteiger charge is -2.37. The zero-order chi connectivity index (χ0) is 59.0. The number of nitrogens with zero attached hydrogens (tertiary/aromatic N) is 4. The zero-order valence-electron chi connectivity index (χ0n) is 52.4. The molecule has 2 amide bonds. The topological polar surface area (TPSA) is 109 Å². The second kappa shape index (κ2) is 47.6. The molecule has 4 aliphatic rings. The molecule has 15 heteroatoms. The molecule has 0 radical (unpaired) electrons. The smallest absolute Gasteiger partial charge is 0.391 e. The summed E-state index contributed by atoms with van der Waals surface area (Å²) in [5, 5.41) is 20.6. The largest absolute Gasteiger partial charge is 0.396 e. The summed E-state index contributed by atoms with van der Waals surface area (Å²) in [6, 6.07) is 1.81. The number of piperidine rings is 1.